The first kappa shape index (κ1) is 19.2. The average Bonchev–Trinajstić information content (AvgIpc) is 2.60. The van der Waals surface area contributed by atoms with Crippen LogP contribution in [0.2, 0.25) is 0 Å². The second-order valence-electron chi connectivity index (χ2n) is 7.26. The van der Waals surface area contributed by atoms with Crippen LogP contribution in [0.1, 0.15) is 37.0 Å². The Morgan fingerprint density at radius 1 is 1.20 bits per heavy atom. The molecule has 1 aliphatic rings. The van der Waals surface area contributed by atoms with Gasteiger partial charge in [0.05, 0.1) is 0 Å². The molecular formula is C19H30N4O2. The van der Waals surface area contributed by atoms with Crippen LogP contribution in [0.3, 0.4) is 0 Å². The minimum atomic E-state index is -0.105. The molecule has 1 aromatic rings. The summed E-state index contributed by atoms with van der Waals surface area (Å²) >= 11 is 0. The minimum Gasteiger partial charge on any atom is -0.352 e. The maximum Gasteiger partial charge on any atom is 0.321 e. The molecule has 138 valence electrons. The van der Waals surface area contributed by atoms with Gasteiger partial charge in [-0.25, -0.2) is 4.79 Å². The molecule has 1 aliphatic heterocycles. The monoisotopic (exact) mass is 346 g/mol. The summed E-state index contributed by atoms with van der Waals surface area (Å²) in [6.07, 6.45) is 1.99. The highest BCUT2D eigenvalue weighted by Gasteiger charge is 2.23. The van der Waals surface area contributed by atoms with Crippen LogP contribution in [-0.2, 0) is 0 Å². The molecule has 1 aromatic carbocycles. The summed E-state index contributed by atoms with van der Waals surface area (Å²) in [5, 5.41) is 5.79. The Bertz CT molecular complexity index is 578. The van der Waals surface area contributed by atoms with E-state index in [1.807, 2.05) is 7.05 Å². The number of benzene rings is 1. The van der Waals surface area contributed by atoms with E-state index in [4.69, 9.17) is 0 Å². The summed E-state index contributed by atoms with van der Waals surface area (Å²) in [4.78, 5) is 28.5. The van der Waals surface area contributed by atoms with Crippen molar-refractivity contribution in [1.29, 1.82) is 0 Å². The summed E-state index contributed by atoms with van der Waals surface area (Å²) in [5.74, 6) is 0.327. The van der Waals surface area contributed by atoms with Gasteiger partial charge in [0.25, 0.3) is 5.91 Å². The van der Waals surface area contributed by atoms with Gasteiger partial charge in [0.2, 0.25) is 0 Å². The molecule has 0 saturated carbocycles. The van der Waals surface area contributed by atoms with Gasteiger partial charge in [0, 0.05) is 30.9 Å². The van der Waals surface area contributed by atoms with Crippen molar-refractivity contribution in [1.82, 2.24) is 15.1 Å². The number of piperidine rings is 1. The standard InChI is InChI=1S/C19H30N4O2/c1-14(2)13-20-18(24)15-5-7-16(8-6-15)21-19(25)23(4)17-9-11-22(3)12-10-17/h5-8,14,17H,9-13H2,1-4H3,(H,20,24)(H,21,25). The lowest BCUT2D eigenvalue weighted by molar-refractivity contribution is 0.0949. The van der Waals surface area contributed by atoms with Crippen LogP contribution in [0.15, 0.2) is 24.3 Å². The van der Waals surface area contributed by atoms with Crippen molar-refractivity contribution in [3.63, 3.8) is 0 Å². The Labute approximate surface area is 150 Å². The fourth-order valence-electron chi connectivity index (χ4n) is 2.86. The van der Waals surface area contributed by atoms with Gasteiger partial charge in [-0.05, 0) is 63.2 Å². The summed E-state index contributed by atoms with van der Waals surface area (Å²) in [7, 11) is 3.95. The van der Waals surface area contributed by atoms with Crippen molar-refractivity contribution in [3.8, 4) is 0 Å². The van der Waals surface area contributed by atoms with Crippen molar-refractivity contribution in [3.05, 3.63) is 29.8 Å². The van der Waals surface area contributed by atoms with E-state index in [-0.39, 0.29) is 18.0 Å². The number of urea groups is 1. The topological polar surface area (TPSA) is 64.7 Å². The molecule has 25 heavy (non-hydrogen) atoms. The third-order valence-electron chi connectivity index (χ3n) is 4.63. The first-order valence-electron chi connectivity index (χ1n) is 8.97. The van der Waals surface area contributed by atoms with E-state index in [0.29, 0.717) is 23.7 Å². The van der Waals surface area contributed by atoms with Gasteiger partial charge in [0.1, 0.15) is 0 Å². The molecule has 2 rings (SSSR count). The Balaban J connectivity index is 1.87. The Kier molecular flexibility index (Phi) is 6.82. The number of hydrogen-bond donors (Lipinski definition) is 2. The van der Waals surface area contributed by atoms with E-state index in [9.17, 15) is 9.59 Å². The van der Waals surface area contributed by atoms with Gasteiger partial charge < -0.3 is 20.4 Å². The highest BCUT2D eigenvalue weighted by molar-refractivity contribution is 5.95. The number of amides is 3. The summed E-state index contributed by atoms with van der Waals surface area (Å²) < 4.78 is 0. The van der Waals surface area contributed by atoms with Gasteiger partial charge in [-0.3, -0.25) is 4.79 Å². The smallest absolute Gasteiger partial charge is 0.321 e. The van der Waals surface area contributed by atoms with Crippen molar-refractivity contribution in [2.75, 3.05) is 39.0 Å². The number of nitrogens with one attached hydrogen (secondary N) is 2. The van der Waals surface area contributed by atoms with E-state index in [0.717, 1.165) is 25.9 Å². The zero-order chi connectivity index (χ0) is 18.4. The molecule has 6 nitrogen and oxygen atoms in total. The van der Waals surface area contributed by atoms with Crippen LogP contribution in [0.25, 0.3) is 0 Å². The molecule has 1 saturated heterocycles. The van der Waals surface area contributed by atoms with E-state index < -0.39 is 0 Å². The average molecular weight is 346 g/mol. The number of hydrogen-bond acceptors (Lipinski definition) is 3. The van der Waals surface area contributed by atoms with E-state index in [2.05, 4.69) is 36.4 Å². The molecule has 0 spiro atoms. The molecular weight excluding hydrogens is 316 g/mol. The molecule has 0 unspecified atom stereocenters. The Hall–Kier alpha value is -2.08. The molecule has 0 bridgehead atoms. The van der Waals surface area contributed by atoms with E-state index >= 15 is 0 Å². The maximum absolute atomic E-state index is 12.4. The van der Waals surface area contributed by atoms with Gasteiger partial charge in [-0.2, -0.15) is 0 Å². The van der Waals surface area contributed by atoms with Crippen LogP contribution in [-0.4, -0.2) is 61.5 Å². The van der Waals surface area contributed by atoms with Crippen molar-refractivity contribution >= 4 is 17.6 Å². The summed E-state index contributed by atoms with van der Waals surface area (Å²) in [5.41, 5.74) is 1.30. The highest BCUT2D eigenvalue weighted by atomic mass is 16.2. The quantitative estimate of drug-likeness (QED) is 0.861. The second kappa shape index (κ2) is 8.85. The SMILES string of the molecule is CC(C)CNC(=O)c1ccc(NC(=O)N(C)C2CCN(C)CC2)cc1. The van der Waals surface area contributed by atoms with Gasteiger partial charge >= 0.3 is 6.03 Å². The summed E-state index contributed by atoms with van der Waals surface area (Å²) in [6, 6.07) is 7.18. The molecule has 0 atom stereocenters. The number of likely N-dealkylation sites (tertiary alicyclic amines) is 1. The highest BCUT2D eigenvalue weighted by Crippen LogP contribution is 2.16. The van der Waals surface area contributed by atoms with E-state index in [1.54, 1.807) is 29.2 Å². The number of rotatable bonds is 5. The number of nitrogens with zero attached hydrogens (tertiary/aromatic N) is 2. The molecule has 0 aromatic heterocycles. The largest absolute Gasteiger partial charge is 0.352 e. The third kappa shape index (κ3) is 5.74. The molecule has 6 heteroatoms. The lowest BCUT2D eigenvalue weighted by Gasteiger charge is -2.35. The fourth-order valence-corrected chi connectivity index (χ4v) is 2.86. The van der Waals surface area contributed by atoms with Crippen molar-refractivity contribution < 1.29 is 9.59 Å². The van der Waals surface area contributed by atoms with E-state index in [1.165, 1.54) is 0 Å². The minimum absolute atomic E-state index is 0.0879. The lowest BCUT2D eigenvalue weighted by atomic mass is 10.0. The zero-order valence-electron chi connectivity index (χ0n) is 15.7. The molecule has 2 N–H and O–H groups in total. The summed E-state index contributed by atoms with van der Waals surface area (Å²) in [6.45, 7) is 6.79. The number of carbonyl (C=O) groups excluding carboxylic acids is 2. The Morgan fingerprint density at radius 2 is 1.80 bits per heavy atom. The van der Waals surface area contributed by atoms with Crippen LogP contribution in [0.4, 0.5) is 10.5 Å². The fraction of sp³-hybridized carbons (Fsp3) is 0.579. The maximum atomic E-state index is 12.4. The number of carbonyl (C=O) groups is 2. The number of anilines is 1. The predicted octanol–water partition coefficient (Wildman–Crippen LogP) is 2.63. The molecule has 1 heterocycles. The van der Waals surface area contributed by atoms with Crippen molar-refractivity contribution in [2.24, 2.45) is 5.92 Å². The van der Waals surface area contributed by atoms with Crippen molar-refractivity contribution in [2.45, 2.75) is 32.7 Å². The predicted molar refractivity (Wildman–Crippen MR) is 101 cm³/mol. The van der Waals surface area contributed by atoms with Crippen LogP contribution in [0.5, 0.6) is 0 Å². The first-order valence-corrected chi connectivity index (χ1v) is 8.97. The lowest BCUT2D eigenvalue weighted by Crippen LogP contribution is -2.46. The molecule has 3 amide bonds. The van der Waals surface area contributed by atoms with Gasteiger partial charge in [0.15, 0.2) is 0 Å². The Morgan fingerprint density at radius 3 is 2.36 bits per heavy atom. The molecule has 0 radical (unpaired) electrons. The normalized spacial score (nSPS) is 15.9. The third-order valence-corrected chi connectivity index (χ3v) is 4.63. The first-order chi connectivity index (χ1) is 11.9. The van der Waals surface area contributed by atoms with Crippen LogP contribution < -0.4 is 10.6 Å². The van der Waals surface area contributed by atoms with Gasteiger partial charge in [-0.15, -0.1) is 0 Å². The van der Waals surface area contributed by atoms with Crippen LogP contribution in [0, 0.1) is 5.92 Å². The molecule has 1 fully saturated rings. The van der Waals surface area contributed by atoms with Crippen LogP contribution >= 0.6 is 0 Å². The van der Waals surface area contributed by atoms with Gasteiger partial charge in [-0.1, -0.05) is 13.8 Å². The molecule has 0 aliphatic carbocycles. The zero-order valence-corrected chi connectivity index (χ0v) is 15.7. The second-order valence-corrected chi connectivity index (χ2v) is 7.26.